The first-order valence-electron chi connectivity index (χ1n) is 9.39. The third-order valence-corrected chi connectivity index (χ3v) is 6.51. The Bertz CT molecular complexity index is 1170. The highest BCUT2D eigenvalue weighted by atomic mass is 32.1. The maximum Gasteiger partial charge on any atom is 0.266 e. The molecule has 0 spiro atoms. The third kappa shape index (κ3) is 3.19. The largest absolute Gasteiger partial charge is 0.454 e. The molecule has 152 valence electrons. The molecule has 0 fully saturated rings. The maximum absolute atomic E-state index is 13.1. The van der Waals surface area contributed by atoms with Crippen LogP contribution in [0.1, 0.15) is 38.7 Å². The lowest BCUT2D eigenvalue weighted by molar-refractivity contribution is -0.116. The number of fused-ring (bicyclic) bond motifs is 2. The molecule has 6 nitrogen and oxygen atoms in total. The number of hydrogen-bond donors (Lipinski definition) is 2. The summed E-state index contributed by atoms with van der Waals surface area (Å²) in [6.07, 6.45) is 0.281. The van der Waals surface area contributed by atoms with Gasteiger partial charge in [-0.25, -0.2) is 4.39 Å². The lowest BCUT2D eigenvalue weighted by atomic mass is 9.84. The number of rotatable bonds is 3. The van der Waals surface area contributed by atoms with Gasteiger partial charge in [-0.3, -0.25) is 9.59 Å². The van der Waals surface area contributed by atoms with Gasteiger partial charge in [0.05, 0.1) is 9.88 Å². The molecule has 8 heteroatoms. The topological polar surface area (TPSA) is 76.7 Å². The van der Waals surface area contributed by atoms with Gasteiger partial charge in [0.25, 0.3) is 5.91 Å². The van der Waals surface area contributed by atoms with Gasteiger partial charge in [-0.15, -0.1) is 11.3 Å². The summed E-state index contributed by atoms with van der Waals surface area (Å²) in [6, 6.07) is 11.3. The van der Waals surface area contributed by atoms with Crippen LogP contribution >= 0.6 is 11.3 Å². The first kappa shape index (κ1) is 18.6. The predicted molar refractivity (Wildman–Crippen MR) is 111 cm³/mol. The number of nitrogens with one attached hydrogen (secondary N) is 2. The maximum atomic E-state index is 13.1. The third-order valence-electron chi connectivity index (χ3n) is 5.29. The van der Waals surface area contributed by atoms with Crippen molar-refractivity contribution in [1.29, 1.82) is 0 Å². The van der Waals surface area contributed by atoms with E-state index in [0.29, 0.717) is 27.1 Å². The highest BCUT2D eigenvalue weighted by molar-refractivity contribution is 7.18. The molecular formula is C22H17FN2O4S. The fourth-order valence-electron chi connectivity index (χ4n) is 3.86. The summed E-state index contributed by atoms with van der Waals surface area (Å²) in [4.78, 5) is 25.7. The van der Waals surface area contributed by atoms with E-state index in [0.717, 1.165) is 16.7 Å². The standard InChI is InChI=1S/C22H17FN2O4S/c1-11-19-15(12-2-7-16-17(8-12)29-10-28-16)9-18(26)25-22(19)30-20(11)21(27)24-14-5-3-13(23)4-6-14/h2-8,15H,9-10H2,1H3,(H,24,27)(H,25,26)/t15-/m1/s1. The minimum Gasteiger partial charge on any atom is -0.454 e. The molecule has 0 bridgehead atoms. The quantitative estimate of drug-likeness (QED) is 0.642. The van der Waals surface area contributed by atoms with Crippen molar-refractivity contribution in [2.24, 2.45) is 0 Å². The first-order chi connectivity index (χ1) is 14.5. The smallest absolute Gasteiger partial charge is 0.266 e. The fourth-order valence-corrected chi connectivity index (χ4v) is 5.04. The predicted octanol–water partition coefficient (Wildman–Crippen LogP) is 4.65. The minimum atomic E-state index is -0.370. The van der Waals surface area contributed by atoms with Crippen LogP contribution < -0.4 is 20.1 Å². The minimum absolute atomic E-state index is 0.100. The summed E-state index contributed by atoms with van der Waals surface area (Å²) < 4.78 is 24.0. The van der Waals surface area contributed by atoms with E-state index in [-0.39, 0.29) is 36.8 Å². The Hall–Kier alpha value is -3.39. The average molecular weight is 424 g/mol. The number of ether oxygens (including phenoxy) is 2. The second-order valence-electron chi connectivity index (χ2n) is 7.18. The van der Waals surface area contributed by atoms with Crippen molar-refractivity contribution in [3.05, 3.63) is 69.8 Å². The zero-order valence-corrected chi connectivity index (χ0v) is 16.8. The van der Waals surface area contributed by atoms with Crippen LogP contribution in [-0.2, 0) is 4.79 Å². The molecule has 0 saturated carbocycles. The van der Waals surface area contributed by atoms with Gasteiger partial charge in [0.1, 0.15) is 5.82 Å². The number of amides is 2. The van der Waals surface area contributed by atoms with Crippen molar-refractivity contribution >= 4 is 33.8 Å². The summed E-state index contributed by atoms with van der Waals surface area (Å²) in [5, 5.41) is 6.36. The van der Waals surface area contributed by atoms with Crippen molar-refractivity contribution in [2.75, 3.05) is 17.4 Å². The van der Waals surface area contributed by atoms with Gasteiger partial charge in [-0.1, -0.05) is 6.07 Å². The van der Waals surface area contributed by atoms with Crippen LogP contribution in [0.4, 0.5) is 15.1 Å². The number of hydrogen-bond acceptors (Lipinski definition) is 5. The summed E-state index contributed by atoms with van der Waals surface area (Å²) in [5.74, 6) is 0.383. The second kappa shape index (κ2) is 7.14. The lowest BCUT2D eigenvalue weighted by Gasteiger charge is -2.24. The van der Waals surface area contributed by atoms with Crippen LogP contribution in [-0.4, -0.2) is 18.6 Å². The SMILES string of the molecule is Cc1c(C(=O)Nc2ccc(F)cc2)sc2c1[C@@H](c1ccc3c(c1)OCO3)CC(=O)N2. The van der Waals surface area contributed by atoms with E-state index in [2.05, 4.69) is 10.6 Å². The van der Waals surface area contributed by atoms with Gasteiger partial charge in [0.15, 0.2) is 11.5 Å². The lowest BCUT2D eigenvalue weighted by Crippen LogP contribution is -2.22. The van der Waals surface area contributed by atoms with Gasteiger partial charge in [-0.05, 0) is 60.0 Å². The number of halogens is 1. The molecule has 2 aliphatic rings. The number of anilines is 2. The summed E-state index contributed by atoms with van der Waals surface area (Å²) in [5.41, 5.74) is 3.19. The van der Waals surface area contributed by atoms with E-state index >= 15 is 0 Å². The molecule has 2 aliphatic heterocycles. The molecule has 1 aromatic heterocycles. The van der Waals surface area contributed by atoms with Gasteiger partial charge in [0.2, 0.25) is 12.7 Å². The number of benzene rings is 2. The zero-order valence-electron chi connectivity index (χ0n) is 16.0. The summed E-state index contributed by atoms with van der Waals surface area (Å²) in [7, 11) is 0. The fraction of sp³-hybridized carbons (Fsp3) is 0.182. The first-order valence-corrected chi connectivity index (χ1v) is 10.2. The van der Waals surface area contributed by atoms with Gasteiger partial charge < -0.3 is 20.1 Å². The molecule has 3 heterocycles. The Morgan fingerprint density at radius 1 is 1.17 bits per heavy atom. The van der Waals surface area contributed by atoms with Gasteiger partial charge >= 0.3 is 0 Å². The average Bonchev–Trinajstić information content (AvgIpc) is 3.33. The number of carbonyl (C=O) groups excluding carboxylic acids is 2. The van der Waals surface area contributed by atoms with Crippen molar-refractivity contribution < 1.29 is 23.5 Å². The molecule has 30 heavy (non-hydrogen) atoms. The normalized spacial score (nSPS) is 16.7. The van der Waals surface area contributed by atoms with E-state index in [1.165, 1.54) is 35.6 Å². The number of carbonyl (C=O) groups is 2. The van der Waals surface area contributed by atoms with Crippen LogP contribution in [0.15, 0.2) is 42.5 Å². The highest BCUT2D eigenvalue weighted by Gasteiger charge is 2.33. The van der Waals surface area contributed by atoms with E-state index in [9.17, 15) is 14.0 Å². The molecule has 0 aliphatic carbocycles. The molecule has 2 aromatic carbocycles. The molecule has 1 atom stereocenters. The summed E-state index contributed by atoms with van der Waals surface area (Å²) >= 11 is 1.25. The van der Waals surface area contributed by atoms with Gasteiger partial charge in [-0.2, -0.15) is 0 Å². The van der Waals surface area contributed by atoms with Gasteiger partial charge in [0, 0.05) is 18.0 Å². The molecule has 0 unspecified atom stereocenters. The Balaban J connectivity index is 1.50. The Labute approximate surface area is 175 Å². The molecule has 0 radical (unpaired) electrons. The van der Waals surface area contributed by atoms with E-state index in [1.807, 2.05) is 25.1 Å². The van der Waals surface area contributed by atoms with E-state index in [1.54, 1.807) is 0 Å². The van der Waals surface area contributed by atoms with E-state index in [4.69, 9.17) is 9.47 Å². The Morgan fingerprint density at radius 2 is 1.93 bits per heavy atom. The van der Waals surface area contributed by atoms with Crippen LogP contribution in [0.25, 0.3) is 0 Å². The van der Waals surface area contributed by atoms with Crippen molar-refractivity contribution in [1.82, 2.24) is 0 Å². The van der Waals surface area contributed by atoms with Crippen molar-refractivity contribution in [3.63, 3.8) is 0 Å². The molecule has 0 saturated heterocycles. The van der Waals surface area contributed by atoms with Crippen LogP contribution in [0.2, 0.25) is 0 Å². The molecular weight excluding hydrogens is 407 g/mol. The Kier molecular flexibility index (Phi) is 4.43. The van der Waals surface area contributed by atoms with Crippen LogP contribution in [0, 0.1) is 12.7 Å². The van der Waals surface area contributed by atoms with E-state index < -0.39 is 0 Å². The van der Waals surface area contributed by atoms with Crippen molar-refractivity contribution in [2.45, 2.75) is 19.3 Å². The monoisotopic (exact) mass is 424 g/mol. The molecule has 3 aromatic rings. The van der Waals surface area contributed by atoms with Crippen LogP contribution in [0.5, 0.6) is 11.5 Å². The van der Waals surface area contributed by atoms with Crippen LogP contribution in [0.3, 0.4) is 0 Å². The molecule has 2 N–H and O–H groups in total. The molecule has 2 amide bonds. The molecule has 5 rings (SSSR count). The summed E-state index contributed by atoms with van der Waals surface area (Å²) in [6.45, 7) is 2.06. The number of thiophene rings is 1. The Morgan fingerprint density at radius 3 is 2.73 bits per heavy atom. The highest BCUT2D eigenvalue weighted by Crippen LogP contribution is 2.47. The zero-order chi connectivity index (χ0) is 20.8. The second-order valence-corrected chi connectivity index (χ2v) is 8.20. The van der Waals surface area contributed by atoms with Crippen molar-refractivity contribution in [3.8, 4) is 11.5 Å².